The highest BCUT2D eigenvalue weighted by Gasteiger charge is 2.52. The maximum atomic E-state index is 11.4. The molecule has 1 unspecified atom stereocenters. The smallest absolute Gasteiger partial charge is 0.0748 e. The minimum absolute atomic E-state index is 0.000456. The highest BCUT2D eigenvalue weighted by atomic mass is 16.3. The lowest BCUT2D eigenvalue weighted by molar-refractivity contribution is -0.134. The van der Waals surface area contributed by atoms with Gasteiger partial charge in [0.2, 0.25) is 0 Å². The minimum Gasteiger partial charge on any atom is -0.389 e. The molecule has 2 nitrogen and oxygen atoms in total. The first-order chi connectivity index (χ1) is 9.08. The van der Waals surface area contributed by atoms with Crippen LogP contribution in [0.4, 0.5) is 0 Å². The summed E-state index contributed by atoms with van der Waals surface area (Å²) in [5.74, 6) is 0.149. The third-order valence-corrected chi connectivity index (χ3v) is 5.40. The maximum absolute atomic E-state index is 11.4. The molecule has 20 heavy (non-hydrogen) atoms. The van der Waals surface area contributed by atoms with Gasteiger partial charge in [-0.25, -0.2) is 0 Å². The van der Waals surface area contributed by atoms with E-state index in [1.54, 1.807) is 0 Å². The first kappa shape index (κ1) is 15.5. The van der Waals surface area contributed by atoms with Crippen LogP contribution >= 0.6 is 0 Å². The molecular formula is C18H29NO. The Morgan fingerprint density at radius 2 is 1.45 bits per heavy atom. The Labute approximate surface area is 123 Å². The summed E-state index contributed by atoms with van der Waals surface area (Å²) < 4.78 is 0. The molecule has 1 aliphatic rings. The summed E-state index contributed by atoms with van der Waals surface area (Å²) in [6.45, 7) is 11.1. The van der Waals surface area contributed by atoms with Gasteiger partial charge >= 0.3 is 0 Å². The standard InChI is InChI=1S/C18H29NO/c1-14(15-10-8-7-9-11-15)18(20)12-16(2,3)19(6)17(4,5)13-18/h7-11,14,20H,12-13H2,1-6H3. The van der Waals surface area contributed by atoms with Crippen LogP contribution in [0.1, 0.15) is 58.9 Å². The Morgan fingerprint density at radius 1 is 1.00 bits per heavy atom. The van der Waals surface area contributed by atoms with Gasteiger partial charge in [0, 0.05) is 17.0 Å². The molecule has 0 bridgehead atoms. The summed E-state index contributed by atoms with van der Waals surface area (Å²) in [6.07, 6.45) is 1.60. The minimum atomic E-state index is -0.652. The van der Waals surface area contributed by atoms with Gasteiger partial charge in [-0.3, -0.25) is 4.90 Å². The number of piperidine rings is 1. The summed E-state index contributed by atoms with van der Waals surface area (Å²) in [6, 6.07) is 10.4. The van der Waals surface area contributed by atoms with E-state index in [0.717, 1.165) is 12.8 Å². The zero-order valence-corrected chi connectivity index (χ0v) is 13.8. The molecule has 1 N–H and O–H groups in total. The first-order valence-corrected chi connectivity index (χ1v) is 7.60. The predicted octanol–water partition coefficient (Wildman–Crippen LogP) is 3.80. The van der Waals surface area contributed by atoms with E-state index >= 15 is 0 Å². The van der Waals surface area contributed by atoms with Crippen LogP contribution < -0.4 is 0 Å². The van der Waals surface area contributed by atoms with Crippen LogP contribution in [0.2, 0.25) is 0 Å². The Balaban J connectivity index is 2.35. The van der Waals surface area contributed by atoms with E-state index in [-0.39, 0.29) is 17.0 Å². The second kappa shape index (κ2) is 4.85. The van der Waals surface area contributed by atoms with Crippen molar-refractivity contribution >= 4 is 0 Å². The average Bonchev–Trinajstić information content (AvgIpc) is 2.35. The summed E-state index contributed by atoms with van der Waals surface area (Å²) in [7, 11) is 2.17. The molecule has 1 aliphatic heterocycles. The highest BCUT2D eigenvalue weighted by Crippen LogP contribution is 2.48. The van der Waals surface area contributed by atoms with Crippen molar-refractivity contribution in [1.29, 1.82) is 0 Å². The van der Waals surface area contributed by atoms with E-state index in [4.69, 9.17) is 0 Å². The van der Waals surface area contributed by atoms with Gasteiger partial charge in [0.05, 0.1) is 5.60 Å². The van der Waals surface area contributed by atoms with Gasteiger partial charge < -0.3 is 5.11 Å². The van der Waals surface area contributed by atoms with E-state index in [1.165, 1.54) is 5.56 Å². The summed E-state index contributed by atoms with van der Waals surface area (Å²) >= 11 is 0. The summed E-state index contributed by atoms with van der Waals surface area (Å²) in [4.78, 5) is 2.41. The molecule has 1 aromatic carbocycles. The lowest BCUT2D eigenvalue weighted by Gasteiger charge is -2.58. The van der Waals surface area contributed by atoms with Crippen molar-refractivity contribution in [2.75, 3.05) is 7.05 Å². The van der Waals surface area contributed by atoms with Crippen molar-refractivity contribution in [2.24, 2.45) is 0 Å². The van der Waals surface area contributed by atoms with Crippen molar-refractivity contribution < 1.29 is 5.11 Å². The third-order valence-electron chi connectivity index (χ3n) is 5.40. The van der Waals surface area contributed by atoms with E-state index < -0.39 is 5.60 Å². The molecule has 0 amide bonds. The average molecular weight is 275 g/mol. The molecule has 2 heteroatoms. The van der Waals surface area contributed by atoms with Crippen LogP contribution in [0.5, 0.6) is 0 Å². The Hall–Kier alpha value is -0.860. The number of hydrogen-bond acceptors (Lipinski definition) is 2. The van der Waals surface area contributed by atoms with Crippen molar-refractivity contribution in [2.45, 2.75) is 70.1 Å². The maximum Gasteiger partial charge on any atom is 0.0748 e. The second-order valence-corrected chi connectivity index (χ2v) is 7.77. The van der Waals surface area contributed by atoms with Crippen LogP contribution in [-0.2, 0) is 0 Å². The number of benzene rings is 1. The Morgan fingerprint density at radius 3 is 1.90 bits per heavy atom. The van der Waals surface area contributed by atoms with E-state index in [9.17, 15) is 5.11 Å². The van der Waals surface area contributed by atoms with Gasteiger partial charge in [-0.1, -0.05) is 37.3 Å². The van der Waals surface area contributed by atoms with Gasteiger partial charge in [0.25, 0.3) is 0 Å². The quantitative estimate of drug-likeness (QED) is 0.887. The van der Waals surface area contributed by atoms with Crippen LogP contribution in [0, 0.1) is 0 Å². The predicted molar refractivity (Wildman–Crippen MR) is 85.0 cm³/mol. The first-order valence-electron chi connectivity index (χ1n) is 7.60. The van der Waals surface area contributed by atoms with Gasteiger partial charge in [0.1, 0.15) is 0 Å². The molecule has 0 aliphatic carbocycles. The van der Waals surface area contributed by atoms with E-state index in [1.807, 2.05) is 6.07 Å². The van der Waals surface area contributed by atoms with Gasteiger partial charge in [-0.2, -0.15) is 0 Å². The topological polar surface area (TPSA) is 23.5 Å². The molecule has 1 fully saturated rings. The van der Waals surface area contributed by atoms with Crippen molar-refractivity contribution in [1.82, 2.24) is 4.90 Å². The number of aliphatic hydroxyl groups is 1. The fourth-order valence-electron chi connectivity index (χ4n) is 3.98. The molecule has 0 spiro atoms. The van der Waals surface area contributed by atoms with Gasteiger partial charge in [-0.05, 0) is 53.1 Å². The molecule has 1 saturated heterocycles. The van der Waals surface area contributed by atoms with Crippen molar-refractivity contribution in [3.63, 3.8) is 0 Å². The van der Waals surface area contributed by atoms with Crippen molar-refractivity contribution in [3.05, 3.63) is 35.9 Å². The fraction of sp³-hybridized carbons (Fsp3) is 0.667. The van der Waals surface area contributed by atoms with Crippen LogP contribution in [0.15, 0.2) is 30.3 Å². The van der Waals surface area contributed by atoms with Crippen molar-refractivity contribution in [3.8, 4) is 0 Å². The molecule has 112 valence electrons. The summed E-state index contributed by atoms with van der Waals surface area (Å²) in [5, 5.41) is 11.4. The molecule has 1 heterocycles. The van der Waals surface area contributed by atoms with Crippen LogP contribution in [0.3, 0.4) is 0 Å². The molecule has 2 rings (SSSR count). The normalized spacial score (nSPS) is 26.1. The largest absolute Gasteiger partial charge is 0.389 e. The van der Waals surface area contributed by atoms with Crippen LogP contribution in [-0.4, -0.2) is 33.7 Å². The summed E-state index contributed by atoms with van der Waals surface area (Å²) in [5.41, 5.74) is 0.575. The SMILES string of the molecule is CC(c1ccccc1)C1(O)CC(C)(C)N(C)C(C)(C)C1. The van der Waals surface area contributed by atoms with Gasteiger partial charge in [0.15, 0.2) is 0 Å². The number of rotatable bonds is 2. The Bertz CT molecular complexity index is 446. The molecule has 1 atom stereocenters. The number of likely N-dealkylation sites (tertiary alicyclic amines) is 1. The molecular weight excluding hydrogens is 246 g/mol. The number of hydrogen-bond donors (Lipinski definition) is 1. The monoisotopic (exact) mass is 275 g/mol. The molecule has 0 aromatic heterocycles. The van der Waals surface area contributed by atoms with E-state index in [2.05, 4.69) is 70.8 Å². The lowest BCUT2D eigenvalue weighted by Crippen LogP contribution is -2.65. The highest BCUT2D eigenvalue weighted by molar-refractivity contribution is 5.24. The Kier molecular flexibility index (Phi) is 3.77. The van der Waals surface area contributed by atoms with Gasteiger partial charge in [-0.15, -0.1) is 0 Å². The fourth-order valence-corrected chi connectivity index (χ4v) is 3.98. The molecule has 1 aromatic rings. The number of nitrogens with zero attached hydrogens (tertiary/aromatic N) is 1. The van der Waals surface area contributed by atoms with Crippen LogP contribution in [0.25, 0.3) is 0 Å². The molecule has 0 saturated carbocycles. The molecule has 0 radical (unpaired) electrons. The zero-order valence-electron chi connectivity index (χ0n) is 13.8. The van der Waals surface area contributed by atoms with E-state index in [0.29, 0.717) is 0 Å². The zero-order chi connectivity index (χ0) is 15.2. The second-order valence-electron chi connectivity index (χ2n) is 7.77. The third kappa shape index (κ3) is 2.64. The lowest BCUT2D eigenvalue weighted by atomic mass is 9.65.